The smallest absolute Gasteiger partial charge is 0.165 e. The number of rotatable bonds is 5. The largest absolute Gasteiger partial charge is 0.314 e. The van der Waals surface area contributed by atoms with Crippen LogP contribution in [0.25, 0.3) is 11.4 Å². The van der Waals surface area contributed by atoms with Crippen molar-refractivity contribution in [1.82, 2.24) is 19.7 Å². The Labute approximate surface area is 128 Å². The van der Waals surface area contributed by atoms with Crippen LogP contribution in [0.15, 0.2) is 54.9 Å². The Kier molecular flexibility index (Phi) is 4.05. The summed E-state index contributed by atoms with van der Waals surface area (Å²) in [6.07, 6.45) is 4.46. The molecule has 0 N–H and O–H groups in total. The standard InChI is InChI=1S/C17H16N4O/c1-21-16(10-9-15(22)13-6-3-2-4-7-13)19-20-17(21)14-8-5-11-18-12-14/h2-8,11-12H,9-10H2,1H3. The highest BCUT2D eigenvalue weighted by molar-refractivity contribution is 5.96. The maximum Gasteiger partial charge on any atom is 0.165 e. The van der Waals surface area contributed by atoms with Crippen molar-refractivity contribution in [1.29, 1.82) is 0 Å². The van der Waals surface area contributed by atoms with Crippen molar-refractivity contribution < 1.29 is 4.79 Å². The van der Waals surface area contributed by atoms with Crippen molar-refractivity contribution in [2.45, 2.75) is 12.8 Å². The second-order valence-electron chi connectivity index (χ2n) is 5.03. The quantitative estimate of drug-likeness (QED) is 0.678. The van der Waals surface area contributed by atoms with E-state index < -0.39 is 0 Å². The molecule has 0 spiro atoms. The Balaban J connectivity index is 1.72. The molecule has 22 heavy (non-hydrogen) atoms. The number of pyridine rings is 1. The Morgan fingerprint density at radius 1 is 1.09 bits per heavy atom. The maximum atomic E-state index is 12.1. The van der Waals surface area contributed by atoms with Crippen molar-refractivity contribution in [3.63, 3.8) is 0 Å². The molecule has 5 nitrogen and oxygen atoms in total. The lowest BCUT2D eigenvalue weighted by Gasteiger charge is -2.04. The molecule has 3 rings (SSSR count). The predicted molar refractivity (Wildman–Crippen MR) is 83.3 cm³/mol. The first-order valence-corrected chi connectivity index (χ1v) is 7.12. The number of nitrogens with zero attached hydrogens (tertiary/aromatic N) is 4. The summed E-state index contributed by atoms with van der Waals surface area (Å²) in [7, 11) is 1.91. The van der Waals surface area contributed by atoms with E-state index in [1.54, 1.807) is 12.4 Å². The fraction of sp³-hybridized carbons (Fsp3) is 0.176. The van der Waals surface area contributed by atoms with Crippen LogP contribution in [0.2, 0.25) is 0 Å². The van der Waals surface area contributed by atoms with Crippen LogP contribution in [0.3, 0.4) is 0 Å². The molecule has 110 valence electrons. The summed E-state index contributed by atoms with van der Waals surface area (Å²) in [4.78, 5) is 16.2. The van der Waals surface area contributed by atoms with Gasteiger partial charge in [-0.25, -0.2) is 0 Å². The van der Waals surface area contributed by atoms with Gasteiger partial charge in [0.25, 0.3) is 0 Å². The average molecular weight is 292 g/mol. The number of hydrogen-bond donors (Lipinski definition) is 0. The van der Waals surface area contributed by atoms with Crippen molar-refractivity contribution in [3.05, 3.63) is 66.2 Å². The summed E-state index contributed by atoms with van der Waals surface area (Å²) in [5, 5.41) is 8.39. The first kappa shape index (κ1) is 14.1. The summed E-state index contributed by atoms with van der Waals surface area (Å²) >= 11 is 0. The molecule has 0 saturated carbocycles. The average Bonchev–Trinajstić information content (AvgIpc) is 2.95. The summed E-state index contributed by atoms with van der Waals surface area (Å²) in [6.45, 7) is 0. The number of Topliss-reactive ketones (excluding diaryl/α,β-unsaturated/α-hetero) is 1. The number of benzene rings is 1. The van der Waals surface area contributed by atoms with Crippen LogP contribution in [0.4, 0.5) is 0 Å². The zero-order valence-corrected chi connectivity index (χ0v) is 12.3. The van der Waals surface area contributed by atoms with Crippen LogP contribution >= 0.6 is 0 Å². The van der Waals surface area contributed by atoms with Gasteiger partial charge in [0.05, 0.1) is 0 Å². The fourth-order valence-electron chi connectivity index (χ4n) is 2.32. The lowest BCUT2D eigenvalue weighted by molar-refractivity contribution is 0.0982. The molecule has 0 atom stereocenters. The van der Waals surface area contributed by atoms with Gasteiger partial charge < -0.3 is 4.57 Å². The van der Waals surface area contributed by atoms with Crippen LogP contribution in [0.5, 0.6) is 0 Å². The lowest BCUT2D eigenvalue weighted by atomic mass is 10.1. The van der Waals surface area contributed by atoms with E-state index in [4.69, 9.17) is 0 Å². The molecular formula is C17H16N4O. The van der Waals surface area contributed by atoms with Gasteiger partial charge in [-0.3, -0.25) is 9.78 Å². The third kappa shape index (κ3) is 2.93. The Bertz CT molecular complexity index is 766. The Morgan fingerprint density at radius 2 is 1.91 bits per heavy atom. The number of carbonyl (C=O) groups excluding carboxylic acids is 1. The molecule has 0 amide bonds. The SMILES string of the molecule is Cn1c(CCC(=O)c2ccccc2)nnc1-c1cccnc1. The van der Waals surface area contributed by atoms with Crippen LogP contribution in [0.1, 0.15) is 22.6 Å². The van der Waals surface area contributed by atoms with Gasteiger partial charge in [0, 0.05) is 43.4 Å². The predicted octanol–water partition coefficient (Wildman–Crippen LogP) is 2.69. The summed E-state index contributed by atoms with van der Waals surface area (Å²) in [6, 6.07) is 13.1. The van der Waals surface area contributed by atoms with Gasteiger partial charge >= 0.3 is 0 Å². The minimum absolute atomic E-state index is 0.117. The summed E-state index contributed by atoms with van der Waals surface area (Å²) in [5.74, 6) is 1.67. The number of ketones is 1. The lowest BCUT2D eigenvalue weighted by Crippen LogP contribution is -2.05. The minimum atomic E-state index is 0.117. The highest BCUT2D eigenvalue weighted by atomic mass is 16.1. The van der Waals surface area contributed by atoms with E-state index in [2.05, 4.69) is 15.2 Å². The number of carbonyl (C=O) groups is 1. The number of hydrogen-bond acceptors (Lipinski definition) is 4. The molecule has 0 aliphatic carbocycles. The highest BCUT2D eigenvalue weighted by Gasteiger charge is 2.13. The summed E-state index contributed by atoms with van der Waals surface area (Å²) < 4.78 is 1.91. The number of aromatic nitrogens is 4. The van der Waals surface area contributed by atoms with Crippen molar-refractivity contribution >= 4 is 5.78 Å². The maximum absolute atomic E-state index is 12.1. The van der Waals surface area contributed by atoms with Gasteiger partial charge in [0.1, 0.15) is 5.82 Å². The molecule has 0 unspecified atom stereocenters. The first-order chi connectivity index (χ1) is 10.8. The first-order valence-electron chi connectivity index (χ1n) is 7.12. The minimum Gasteiger partial charge on any atom is -0.314 e. The molecule has 1 aromatic carbocycles. The second-order valence-corrected chi connectivity index (χ2v) is 5.03. The number of aryl methyl sites for hydroxylation is 1. The topological polar surface area (TPSA) is 60.7 Å². The molecular weight excluding hydrogens is 276 g/mol. The van der Waals surface area contributed by atoms with Gasteiger partial charge in [-0.05, 0) is 12.1 Å². The van der Waals surface area contributed by atoms with Crippen LogP contribution in [0, 0.1) is 0 Å². The molecule has 2 heterocycles. The van der Waals surface area contributed by atoms with Crippen LogP contribution in [-0.4, -0.2) is 25.5 Å². The molecule has 0 aliphatic heterocycles. The Hall–Kier alpha value is -2.82. The van der Waals surface area contributed by atoms with Gasteiger partial charge in [0.15, 0.2) is 11.6 Å². The zero-order valence-electron chi connectivity index (χ0n) is 12.3. The van der Waals surface area contributed by atoms with Crippen LogP contribution in [-0.2, 0) is 13.5 Å². The van der Waals surface area contributed by atoms with Gasteiger partial charge in [-0.15, -0.1) is 10.2 Å². The van der Waals surface area contributed by atoms with E-state index >= 15 is 0 Å². The molecule has 0 saturated heterocycles. The van der Waals surface area contributed by atoms with E-state index in [9.17, 15) is 4.79 Å². The third-order valence-electron chi connectivity index (χ3n) is 3.56. The molecule has 0 aliphatic rings. The van der Waals surface area contributed by atoms with Crippen molar-refractivity contribution in [2.24, 2.45) is 7.05 Å². The monoisotopic (exact) mass is 292 g/mol. The van der Waals surface area contributed by atoms with Gasteiger partial charge in [0.2, 0.25) is 0 Å². The molecule has 2 aromatic heterocycles. The van der Waals surface area contributed by atoms with E-state index in [0.29, 0.717) is 12.8 Å². The van der Waals surface area contributed by atoms with E-state index in [-0.39, 0.29) is 5.78 Å². The second kappa shape index (κ2) is 6.30. The van der Waals surface area contributed by atoms with E-state index in [0.717, 1.165) is 22.8 Å². The van der Waals surface area contributed by atoms with Gasteiger partial charge in [-0.2, -0.15) is 0 Å². The molecule has 0 fully saturated rings. The Morgan fingerprint density at radius 3 is 2.64 bits per heavy atom. The molecule has 3 aromatic rings. The molecule has 0 bridgehead atoms. The fourth-order valence-corrected chi connectivity index (χ4v) is 2.32. The van der Waals surface area contributed by atoms with Crippen molar-refractivity contribution in [2.75, 3.05) is 0 Å². The van der Waals surface area contributed by atoms with Crippen LogP contribution < -0.4 is 0 Å². The molecule has 0 radical (unpaired) electrons. The molecule has 5 heteroatoms. The summed E-state index contributed by atoms with van der Waals surface area (Å²) in [5.41, 5.74) is 1.65. The van der Waals surface area contributed by atoms with E-state index in [1.807, 2.05) is 54.1 Å². The third-order valence-corrected chi connectivity index (χ3v) is 3.56. The van der Waals surface area contributed by atoms with E-state index in [1.165, 1.54) is 0 Å². The van der Waals surface area contributed by atoms with Crippen molar-refractivity contribution in [3.8, 4) is 11.4 Å². The normalized spacial score (nSPS) is 10.6. The highest BCUT2D eigenvalue weighted by Crippen LogP contribution is 2.16. The zero-order chi connectivity index (χ0) is 15.4. The van der Waals surface area contributed by atoms with Gasteiger partial charge in [-0.1, -0.05) is 30.3 Å².